The highest BCUT2D eigenvalue weighted by Crippen LogP contribution is 2.34. The lowest BCUT2D eigenvalue weighted by atomic mass is 10.2. The van der Waals surface area contributed by atoms with Crippen molar-refractivity contribution in [3.8, 4) is 0 Å². The Kier molecular flexibility index (Phi) is 3.40. The predicted molar refractivity (Wildman–Crippen MR) is 82.2 cm³/mol. The molecule has 0 aliphatic rings. The molecule has 0 aliphatic carbocycles. The number of pyridine rings is 2. The van der Waals surface area contributed by atoms with E-state index < -0.39 is 0 Å². The van der Waals surface area contributed by atoms with Crippen LogP contribution < -0.4 is 5.73 Å². The van der Waals surface area contributed by atoms with Crippen molar-refractivity contribution in [1.29, 1.82) is 0 Å². The molecular formula is C14H10BrN3S. The second-order valence-corrected chi connectivity index (χ2v) is 5.95. The molecule has 0 aliphatic heterocycles. The van der Waals surface area contributed by atoms with Crippen molar-refractivity contribution in [3.63, 3.8) is 0 Å². The van der Waals surface area contributed by atoms with E-state index in [-0.39, 0.29) is 0 Å². The largest absolute Gasteiger partial charge is 0.397 e. The summed E-state index contributed by atoms with van der Waals surface area (Å²) in [5.41, 5.74) is 7.48. The van der Waals surface area contributed by atoms with Crippen LogP contribution in [0.5, 0.6) is 0 Å². The fourth-order valence-electron chi connectivity index (χ4n) is 1.79. The van der Waals surface area contributed by atoms with E-state index in [4.69, 9.17) is 5.73 Å². The first-order valence-electron chi connectivity index (χ1n) is 5.66. The molecule has 1 aromatic carbocycles. The summed E-state index contributed by atoms with van der Waals surface area (Å²) in [7, 11) is 0. The van der Waals surface area contributed by atoms with Crippen molar-refractivity contribution < 1.29 is 0 Å². The smallest absolute Gasteiger partial charge is 0.101 e. The molecule has 0 saturated heterocycles. The van der Waals surface area contributed by atoms with Gasteiger partial charge in [-0.05, 0) is 46.3 Å². The number of hydrogen-bond donors (Lipinski definition) is 1. The van der Waals surface area contributed by atoms with E-state index >= 15 is 0 Å². The third-order valence-corrected chi connectivity index (χ3v) is 4.17. The molecule has 0 saturated carbocycles. The zero-order valence-corrected chi connectivity index (χ0v) is 12.3. The van der Waals surface area contributed by atoms with Crippen molar-refractivity contribution in [2.45, 2.75) is 9.92 Å². The van der Waals surface area contributed by atoms with Crippen molar-refractivity contribution >= 4 is 44.3 Å². The lowest BCUT2D eigenvalue weighted by molar-refractivity contribution is 1.12. The summed E-state index contributed by atoms with van der Waals surface area (Å²) in [6.07, 6.45) is 3.55. The number of aromatic nitrogens is 2. The number of fused-ring (bicyclic) bond motifs is 1. The van der Waals surface area contributed by atoms with Crippen LogP contribution in [0.15, 0.2) is 63.2 Å². The maximum absolute atomic E-state index is 5.94. The maximum Gasteiger partial charge on any atom is 0.101 e. The number of halogens is 1. The van der Waals surface area contributed by atoms with Crippen molar-refractivity contribution in [2.75, 3.05) is 5.73 Å². The Labute approximate surface area is 123 Å². The molecule has 0 bridgehead atoms. The summed E-state index contributed by atoms with van der Waals surface area (Å²) in [5.74, 6) is 0. The van der Waals surface area contributed by atoms with Gasteiger partial charge in [-0.3, -0.25) is 4.98 Å². The van der Waals surface area contributed by atoms with Crippen LogP contribution in [0.1, 0.15) is 0 Å². The predicted octanol–water partition coefficient (Wildman–Crippen LogP) is 4.13. The molecule has 0 radical (unpaired) electrons. The van der Waals surface area contributed by atoms with Gasteiger partial charge in [0.25, 0.3) is 0 Å². The Morgan fingerprint density at radius 3 is 2.74 bits per heavy atom. The summed E-state index contributed by atoms with van der Waals surface area (Å²) in [6, 6.07) is 11.8. The first kappa shape index (κ1) is 12.4. The second kappa shape index (κ2) is 5.19. The molecule has 19 heavy (non-hydrogen) atoms. The van der Waals surface area contributed by atoms with Gasteiger partial charge in [-0.1, -0.05) is 17.8 Å². The van der Waals surface area contributed by atoms with Gasteiger partial charge in [0.15, 0.2) is 0 Å². The molecule has 3 rings (SSSR count). The lowest BCUT2D eigenvalue weighted by Crippen LogP contribution is -1.90. The normalized spacial score (nSPS) is 10.8. The average Bonchev–Trinajstić information content (AvgIpc) is 2.45. The van der Waals surface area contributed by atoms with Crippen molar-refractivity contribution in [1.82, 2.24) is 9.97 Å². The van der Waals surface area contributed by atoms with Crippen LogP contribution in [0, 0.1) is 0 Å². The van der Waals surface area contributed by atoms with Gasteiger partial charge in [0.1, 0.15) is 5.03 Å². The average molecular weight is 332 g/mol. The van der Waals surface area contributed by atoms with Gasteiger partial charge in [-0.2, -0.15) is 0 Å². The summed E-state index contributed by atoms with van der Waals surface area (Å²) in [5, 5.41) is 2.00. The molecule has 3 nitrogen and oxygen atoms in total. The molecular weight excluding hydrogens is 322 g/mol. The fourth-order valence-corrected chi connectivity index (χ4v) is 2.90. The van der Waals surface area contributed by atoms with Crippen molar-refractivity contribution in [2.24, 2.45) is 0 Å². The van der Waals surface area contributed by atoms with Crippen LogP contribution in [0.25, 0.3) is 10.9 Å². The third kappa shape index (κ3) is 2.57. The molecule has 2 aromatic heterocycles. The summed E-state index contributed by atoms with van der Waals surface area (Å²) < 4.78 is 0.973. The topological polar surface area (TPSA) is 51.8 Å². The Morgan fingerprint density at radius 1 is 1.05 bits per heavy atom. The van der Waals surface area contributed by atoms with Crippen LogP contribution in [0.2, 0.25) is 0 Å². The standard InChI is InChI=1S/C14H10BrN3S/c15-9-3-6-13(18-8-9)19-12-5-4-11(16)14-10(12)2-1-7-17-14/h1-8H,16H2. The number of rotatable bonds is 2. The Balaban J connectivity index is 2.06. The number of anilines is 1. The maximum atomic E-state index is 5.94. The van der Waals surface area contributed by atoms with Crippen LogP contribution in [0.3, 0.4) is 0 Å². The number of nitrogens with two attached hydrogens (primary N) is 1. The summed E-state index contributed by atoms with van der Waals surface area (Å²) in [4.78, 5) is 9.80. The van der Waals surface area contributed by atoms with Gasteiger partial charge in [0, 0.05) is 27.1 Å². The van der Waals surface area contributed by atoms with E-state index in [9.17, 15) is 0 Å². The zero-order valence-electron chi connectivity index (χ0n) is 9.88. The number of benzene rings is 1. The molecule has 3 aromatic rings. The third-order valence-electron chi connectivity index (χ3n) is 2.68. The van der Waals surface area contributed by atoms with E-state index in [0.717, 1.165) is 25.3 Å². The molecule has 0 spiro atoms. The van der Waals surface area contributed by atoms with Crippen LogP contribution in [-0.4, -0.2) is 9.97 Å². The molecule has 2 heterocycles. The van der Waals surface area contributed by atoms with E-state index in [1.807, 2.05) is 36.4 Å². The SMILES string of the molecule is Nc1ccc(Sc2ccc(Br)cn2)c2cccnc12. The van der Waals surface area contributed by atoms with Crippen molar-refractivity contribution in [3.05, 3.63) is 53.3 Å². The van der Waals surface area contributed by atoms with Gasteiger partial charge in [-0.25, -0.2) is 4.98 Å². The van der Waals surface area contributed by atoms with E-state index in [2.05, 4.69) is 25.9 Å². The molecule has 2 N–H and O–H groups in total. The Morgan fingerprint density at radius 2 is 1.95 bits per heavy atom. The highest BCUT2D eigenvalue weighted by atomic mass is 79.9. The molecule has 0 unspecified atom stereocenters. The molecule has 0 amide bonds. The minimum absolute atomic E-state index is 0.698. The van der Waals surface area contributed by atoms with E-state index in [0.29, 0.717) is 5.69 Å². The Hall–Kier alpha value is -1.59. The highest BCUT2D eigenvalue weighted by molar-refractivity contribution is 9.10. The monoisotopic (exact) mass is 331 g/mol. The van der Waals surface area contributed by atoms with E-state index in [1.165, 1.54) is 0 Å². The lowest BCUT2D eigenvalue weighted by Gasteiger charge is -2.07. The van der Waals surface area contributed by atoms with E-state index in [1.54, 1.807) is 24.2 Å². The second-order valence-electron chi connectivity index (χ2n) is 3.97. The van der Waals surface area contributed by atoms with Gasteiger partial charge < -0.3 is 5.73 Å². The molecule has 94 valence electrons. The molecule has 0 fully saturated rings. The van der Waals surface area contributed by atoms with Gasteiger partial charge in [-0.15, -0.1) is 0 Å². The first-order chi connectivity index (χ1) is 9.24. The quantitative estimate of drug-likeness (QED) is 0.717. The van der Waals surface area contributed by atoms with Gasteiger partial charge in [0.05, 0.1) is 11.2 Å². The molecule has 5 heteroatoms. The highest BCUT2D eigenvalue weighted by Gasteiger charge is 2.07. The Bertz CT molecular complexity index is 728. The zero-order chi connectivity index (χ0) is 13.2. The van der Waals surface area contributed by atoms with Crippen LogP contribution in [0.4, 0.5) is 5.69 Å². The first-order valence-corrected chi connectivity index (χ1v) is 7.27. The molecule has 0 atom stereocenters. The minimum atomic E-state index is 0.698. The fraction of sp³-hybridized carbons (Fsp3) is 0. The van der Waals surface area contributed by atoms with Crippen LogP contribution >= 0.6 is 27.7 Å². The summed E-state index contributed by atoms with van der Waals surface area (Å²) >= 11 is 4.99. The summed E-state index contributed by atoms with van der Waals surface area (Å²) in [6.45, 7) is 0. The number of nitrogens with zero attached hydrogens (tertiary/aromatic N) is 2. The number of nitrogen functional groups attached to an aromatic ring is 1. The number of hydrogen-bond acceptors (Lipinski definition) is 4. The minimum Gasteiger partial charge on any atom is -0.397 e. The van der Waals surface area contributed by atoms with Gasteiger partial charge in [0.2, 0.25) is 0 Å². The van der Waals surface area contributed by atoms with Gasteiger partial charge >= 0.3 is 0 Å². The van der Waals surface area contributed by atoms with Crippen LogP contribution in [-0.2, 0) is 0 Å².